The Morgan fingerprint density at radius 3 is 2.45 bits per heavy atom. The predicted molar refractivity (Wildman–Crippen MR) is 52.8 cm³/mol. The van der Waals surface area contributed by atoms with Crippen LogP contribution in [0, 0.1) is 5.41 Å². The van der Waals surface area contributed by atoms with Crippen LogP contribution in [-0.2, 0) is 0 Å². The molecular weight excluding hydrogens is 154 g/mol. The fourth-order valence-electron chi connectivity index (χ4n) is 1.85. The molecule has 0 unspecified atom stereocenters. The maximum atomic E-state index is 5.33. The van der Waals surface area contributed by atoms with Gasteiger partial charge in [0.2, 0.25) is 0 Å². The number of hydrogen-bond acceptors (Lipinski definition) is 1. The normalized spacial score (nSPS) is 22.9. The topological polar surface area (TPSA) is 12.0 Å². The van der Waals surface area contributed by atoms with E-state index in [0.29, 0.717) is 5.41 Å². The van der Waals surface area contributed by atoms with E-state index in [1.54, 1.807) is 0 Å². The van der Waals surface area contributed by atoms with Gasteiger partial charge < -0.3 is 5.32 Å². The minimum Gasteiger partial charge on any atom is -0.379 e. The first-order valence-electron chi connectivity index (χ1n) is 4.53. The van der Waals surface area contributed by atoms with Crippen molar-refractivity contribution < 1.29 is 0 Å². The lowest BCUT2D eigenvalue weighted by Crippen LogP contribution is -2.43. The van der Waals surface area contributed by atoms with Gasteiger partial charge in [0.05, 0.1) is 4.99 Å². The molecule has 1 fully saturated rings. The summed E-state index contributed by atoms with van der Waals surface area (Å²) < 4.78 is 0. The molecule has 1 saturated heterocycles. The van der Waals surface area contributed by atoms with E-state index in [1.165, 1.54) is 25.7 Å². The highest BCUT2D eigenvalue weighted by Crippen LogP contribution is 2.35. The molecule has 0 aromatic heterocycles. The SMILES string of the molecule is CCC1(CC)CCCNC1=S. The van der Waals surface area contributed by atoms with Gasteiger partial charge in [-0.15, -0.1) is 0 Å². The smallest absolute Gasteiger partial charge is 0.0815 e. The van der Waals surface area contributed by atoms with Gasteiger partial charge in [-0.05, 0) is 25.7 Å². The van der Waals surface area contributed by atoms with Crippen molar-refractivity contribution in [3.63, 3.8) is 0 Å². The van der Waals surface area contributed by atoms with Gasteiger partial charge in [-0.3, -0.25) is 0 Å². The Hall–Kier alpha value is -0.110. The molecule has 0 amide bonds. The maximum absolute atomic E-state index is 5.33. The van der Waals surface area contributed by atoms with Crippen molar-refractivity contribution in [1.29, 1.82) is 0 Å². The largest absolute Gasteiger partial charge is 0.379 e. The van der Waals surface area contributed by atoms with Crippen LogP contribution in [-0.4, -0.2) is 11.5 Å². The van der Waals surface area contributed by atoms with Gasteiger partial charge in [0.15, 0.2) is 0 Å². The van der Waals surface area contributed by atoms with Crippen LogP contribution < -0.4 is 5.32 Å². The summed E-state index contributed by atoms with van der Waals surface area (Å²) in [6, 6.07) is 0. The summed E-state index contributed by atoms with van der Waals surface area (Å²) in [6.07, 6.45) is 4.94. The third kappa shape index (κ3) is 1.56. The van der Waals surface area contributed by atoms with Gasteiger partial charge in [-0.25, -0.2) is 0 Å². The molecule has 2 heteroatoms. The molecule has 0 spiro atoms. The predicted octanol–water partition coefficient (Wildman–Crippen LogP) is 2.50. The summed E-state index contributed by atoms with van der Waals surface area (Å²) in [7, 11) is 0. The summed E-state index contributed by atoms with van der Waals surface area (Å²) in [5, 5.41) is 3.31. The lowest BCUT2D eigenvalue weighted by atomic mass is 9.76. The summed E-state index contributed by atoms with van der Waals surface area (Å²) in [5.74, 6) is 0. The summed E-state index contributed by atoms with van der Waals surface area (Å²) in [6.45, 7) is 5.56. The molecule has 0 radical (unpaired) electrons. The third-order valence-electron chi connectivity index (χ3n) is 2.95. The third-order valence-corrected chi connectivity index (χ3v) is 3.53. The Labute approximate surface area is 74.6 Å². The highest BCUT2D eigenvalue weighted by Gasteiger charge is 2.32. The minimum atomic E-state index is 0.341. The fraction of sp³-hybridized carbons (Fsp3) is 0.889. The van der Waals surface area contributed by atoms with Crippen LogP contribution >= 0.6 is 12.2 Å². The van der Waals surface area contributed by atoms with E-state index in [0.717, 1.165) is 11.5 Å². The van der Waals surface area contributed by atoms with Gasteiger partial charge in [0.25, 0.3) is 0 Å². The van der Waals surface area contributed by atoms with Gasteiger partial charge in [0, 0.05) is 12.0 Å². The zero-order chi connectivity index (χ0) is 8.32. The number of thiocarbonyl (C=S) groups is 1. The summed E-state index contributed by atoms with van der Waals surface area (Å²) >= 11 is 5.33. The second-order valence-electron chi connectivity index (χ2n) is 3.35. The molecular formula is C9H17NS. The molecule has 1 nitrogen and oxygen atoms in total. The van der Waals surface area contributed by atoms with E-state index in [-0.39, 0.29) is 0 Å². The van der Waals surface area contributed by atoms with Crippen molar-refractivity contribution in [2.24, 2.45) is 5.41 Å². The van der Waals surface area contributed by atoms with E-state index in [4.69, 9.17) is 12.2 Å². The Morgan fingerprint density at radius 1 is 1.45 bits per heavy atom. The number of piperidine rings is 1. The monoisotopic (exact) mass is 171 g/mol. The molecule has 64 valence electrons. The van der Waals surface area contributed by atoms with Gasteiger partial charge in [0.1, 0.15) is 0 Å². The molecule has 11 heavy (non-hydrogen) atoms. The first-order chi connectivity index (χ1) is 5.25. The first kappa shape index (κ1) is 8.98. The van der Waals surface area contributed by atoms with Crippen LogP contribution in [0.15, 0.2) is 0 Å². The Balaban J connectivity index is 2.69. The first-order valence-corrected chi connectivity index (χ1v) is 4.94. The molecule has 1 N–H and O–H groups in total. The fourth-order valence-corrected chi connectivity index (χ4v) is 2.35. The maximum Gasteiger partial charge on any atom is 0.0815 e. The van der Waals surface area contributed by atoms with Crippen LogP contribution in [0.3, 0.4) is 0 Å². The second kappa shape index (κ2) is 3.53. The molecule has 1 heterocycles. The van der Waals surface area contributed by atoms with E-state index in [2.05, 4.69) is 19.2 Å². The van der Waals surface area contributed by atoms with Gasteiger partial charge >= 0.3 is 0 Å². The molecule has 0 bridgehead atoms. The van der Waals surface area contributed by atoms with Crippen molar-refractivity contribution >= 4 is 17.2 Å². The molecule has 0 aliphatic carbocycles. The van der Waals surface area contributed by atoms with Crippen molar-refractivity contribution in [1.82, 2.24) is 5.32 Å². The average molecular weight is 171 g/mol. The van der Waals surface area contributed by atoms with Crippen molar-refractivity contribution in [3.05, 3.63) is 0 Å². The van der Waals surface area contributed by atoms with Crippen molar-refractivity contribution in [3.8, 4) is 0 Å². The van der Waals surface area contributed by atoms with E-state index in [9.17, 15) is 0 Å². The summed E-state index contributed by atoms with van der Waals surface area (Å²) in [5.41, 5.74) is 0.341. The molecule has 1 aliphatic heterocycles. The van der Waals surface area contributed by atoms with Crippen LogP contribution in [0.1, 0.15) is 39.5 Å². The molecule has 0 aromatic rings. The minimum absolute atomic E-state index is 0.341. The number of rotatable bonds is 2. The van der Waals surface area contributed by atoms with E-state index >= 15 is 0 Å². The Bertz CT molecular complexity index is 150. The quantitative estimate of drug-likeness (QED) is 0.641. The highest BCUT2D eigenvalue weighted by molar-refractivity contribution is 7.80. The molecule has 0 aromatic carbocycles. The van der Waals surface area contributed by atoms with Crippen molar-refractivity contribution in [2.75, 3.05) is 6.54 Å². The molecule has 1 aliphatic rings. The molecule has 0 atom stereocenters. The standard InChI is InChI=1S/C9H17NS/c1-3-9(4-2)6-5-7-10-8(9)11/h3-7H2,1-2H3,(H,10,11). The lowest BCUT2D eigenvalue weighted by molar-refractivity contribution is 0.322. The van der Waals surface area contributed by atoms with Crippen molar-refractivity contribution in [2.45, 2.75) is 39.5 Å². The van der Waals surface area contributed by atoms with Gasteiger partial charge in [-0.1, -0.05) is 26.1 Å². The van der Waals surface area contributed by atoms with E-state index < -0.39 is 0 Å². The average Bonchev–Trinajstić information content (AvgIpc) is 2.06. The Kier molecular flexibility index (Phi) is 2.88. The second-order valence-corrected chi connectivity index (χ2v) is 3.76. The van der Waals surface area contributed by atoms with Gasteiger partial charge in [-0.2, -0.15) is 0 Å². The van der Waals surface area contributed by atoms with Crippen LogP contribution in [0.5, 0.6) is 0 Å². The van der Waals surface area contributed by atoms with Crippen LogP contribution in [0.25, 0.3) is 0 Å². The molecule has 0 saturated carbocycles. The van der Waals surface area contributed by atoms with Crippen LogP contribution in [0.4, 0.5) is 0 Å². The highest BCUT2D eigenvalue weighted by atomic mass is 32.1. The lowest BCUT2D eigenvalue weighted by Gasteiger charge is -2.37. The number of nitrogens with one attached hydrogen (secondary N) is 1. The van der Waals surface area contributed by atoms with Crippen LogP contribution in [0.2, 0.25) is 0 Å². The molecule has 1 rings (SSSR count). The zero-order valence-corrected chi connectivity index (χ0v) is 8.26. The zero-order valence-electron chi connectivity index (χ0n) is 7.44. The Morgan fingerprint density at radius 2 is 2.09 bits per heavy atom. The van der Waals surface area contributed by atoms with E-state index in [1.807, 2.05) is 0 Å². The number of hydrogen-bond donors (Lipinski definition) is 1. The summed E-state index contributed by atoms with van der Waals surface area (Å²) in [4.78, 5) is 1.11.